The number of nitrogens with one attached hydrogen (secondary N) is 5. The third-order valence-electron chi connectivity index (χ3n) is 19.1. The van der Waals surface area contributed by atoms with Crippen molar-refractivity contribution >= 4 is 102 Å². The number of carboxylic acid groups (broad SMARTS) is 1. The monoisotopic (exact) mass is 1480 g/mol. The van der Waals surface area contributed by atoms with E-state index in [9.17, 15) is 60.3 Å². The van der Waals surface area contributed by atoms with Crippen LogP contribution in [0.2, 0.25) is 10.0 Å². The van der Waals surface area contributed by atoms with Crippen molar-refractivity contribution < 1.29 is 79.4 Å². The minimum absolute atomic E-state index is 0. The predicted octanol–water partition coefficient (Wildman–Crippen LogP) is 8.59. The molecule has 4 aliphatic carbocycles. The summed E-state index contributed by atoms with van der Waals surface area (Å²) in [5.41, 5.74) is -3.79. The van der Waals surface area contributed by atoms with Gasteiger partial charge >= 0.3 is 18.2 Å². The molecule has 12 rings (SSSR count). The van der Waals surface area contributed by atoms with Crippen LogP contribution >= 0.6 is 23.2 Å². The summed E-state index contributed by atoms with van der Waals surface area (Å²) < 4.78 is 59.0. The van der Waals surface area contributed by atoms with E-state index in [4.69, 9.17) is 47.5 Å². The van der Waals surface area contributed by atoms with Gasteiger partial charge in [-0.25, -0.2) is 36.4 Å². The average Bonchev–Trinajstić information content (AvgIpc) is 1.58. The SMILES string of the molecule is C.C.CC(C)(C)OC(=O)N[C@H]1CCCCC/C=C\[C@@H]2C[C@@]2(C(=O)NS(=O)(=O)C2CC2)NC(=O)[C@@H]2C[C@]3(CC(c4cccc(Cl)c4)=NO3)CN2C1=O.CC(C)(C)OC(=O)N[C@H]1CCCCC/C=C\[C@@H]2C[C@@]2(C(=O)O)NC(=O)[C@@H]2C[C@]3(CC(c4cccc(Cl)c4)=NO3)CN2C1=O.NS(=O)(=O)C1CC1. The van der Waals surface area contributed by atoms with Gasteiger partial charge in [-0.3, -0.25) is 28.7 Å². The number of nitrogens with two attached hydrogens (primary N) is 1. The second-order valence-corrected chi connectivity index (χ2v) is 34.4. The van der Waals surface area contributed by atoms with Crippen LogP contribution < -0.4 is 31.1 Å². The number of oxime groups is 2. The molecule has 0 radical (unpaired) electrons. The van der Waals surface area contributed by atoms with Crippen molar-refractivity contribution in [2.75, 3.05) is 13.1 Å². The van der Waals surface area contributed by atoms with Crippen molar-refractivity contribution in [1.29, 1.82) is 0 Å². The highest BCUT2D eigenvalue weighted by Gasteiger charge is 2.65. The van der Waals surface area contributed by atoms with Gasteiger partial charge in [-0.15, -0.1) is 0 Å². The molecular weight excluding hydrogens is 1390 g/mol. The maximum absolute atomic E-state index is 14.4. The van der Waals surface area contributed by atoms with Crippen LogP contribution in [-0.4, -0.2) is 172 Å². The first kappa shape index (κ1) is 79.4. The zero-order valence-corrected chi connectivity index (χ0v) is 59.7. The third-order valence-corrected chi connectivity index (χ3v) is 22.8. The fourth-order valence-corrected chi connectivity index (χ4v) is 16.0. The molecule has 27 nitrogen and oxygen atoms in total. The van der Waals surface area contributed by atoms with Crippen molar-refractivity contribution in [2.24, 2.45) is 27.3 Å². The first-order valence-corrected chi connectivity index (χ1v) is 37.8. The minimum atomic E-state index is -3.88. The number of ether oxygens (including phenoxy) is 2. The maximum Gasteiger partial charge on any atom is 0.408 e. The zero-order valence-electron chi connectivity index (χ0n) is 56.5. The Bertz CT molecular complexity index is 3850. The van der Waals surface area contributed by atoms with Crippen LogP contribution in [-0.2, 0) is 68.0 Å². The highest BCUT2D eigenvalue weighted by molar-refractivity contribution is 7.91. The second kappa shape index (κ2) is 31.3. The molecule has 101 heavy (non-hydrogen) atoms. The number of fused-ring (bicyclic) bond motifs is 4. The molecule has 2 aromatic rings. The number of sulfonamides is 2. The fraction of sp³-hybridized carbons (Fsp3) is 0.629. The van der Waals surface area contributed by atoms with E-state index >= 15 is 0 Å². The molecule has 4 saturated carbocycles. The number of carbonyl (C=O) groups is 8. The standard InChI is InChI=1S/C34H44ClN5O8S.C31H39ClN4O7.C3H7NO2S.2CH4/c1-32(2,3)47-31(44)36-25-13-8-6-4-5-7-11-22-17-34(22,30(43)39-49(45,46)24-14-15-24)37-28(41)27-19-33(20-40(27)29(25)42)18-26(38-48-33)21-10-9-12-23(35)16-21;1-29(2,3)42-28(41)33-22-13-8-6-4-5-7-11-20-15-31(20,27(39)40)34-25(37)24-17-30(18-36(24)26(22)38)16-23(35-43-30)19-10-9-12-21(32)14-19;4-7(5,6)3-1-2-3;;/h7,9-12,16,22,24-25,27H,4-6,8,13-15,17-20H2,1-3H3,(H,36,44)(H,37,41)(H,39,43);7,9-12,14,20,22,24H,4-6,8,13,15-18H2,1-3H3,(H,33,41)(H,34,37)(H,39,40);3H,1-2H2,(H2,4,5,6);2*1H4/b2*11-7-;;;/t22-,25+,27+,33-,34-;20-,22+,24+,30-,31-;;;/m11.../s1. The van der Waals surface area contributed by atoms with Gasteiger partial charge in [-0.2, -0.15) is 0 Å². The predicted molar refractivity (Wildman–Crippen MR) is 379 cm³/mol. The number of primary sulfonamides is 1. The van der Waals surface area contributed by atoms with Gasteiger partial charge in [-0.1, -0.05) is 123 Å². The molecule has 10 atom stereocenters. The summed E-state index contributed by atoms with van der Waals surface area (Å²) >= 11 is 12.4. The molecule has 6 fully saturated rings. The van der Waals surface area contributed by atoms with E-state index in [2.05, 4.69) is 36.3 Å². The lowest BCUT2D eigenvalue weighted by atomic mass is 9.91. The summed E-state index contributed by atoms with van der Waals surface area (Å²) in [5, 5.41) is 34.8. The van der Waals surface area contributed by atoms with Crippen LogP contribution in [0.3, 0.4) is 0 Å². The lowest BCUT2D eigenvalue weighted by molar-refractivity contribution is -0.145. The molecule has 2 spiro atoms. The Morgan fingerprint density at radius 1 is 0.614 bits per heavy atom. The molecule has 556 valence electrons. The lowest BCUT2D eigenvalue weighted by Crippen LogP contribution is -2.58. The fourth-order valence-electron chi connectivity index (χ4n) is 13.4. The van der Waals surface area contributed by atoms with Gasteiger partial charge in [0, 0.05) is 58.7 Å². The highest BCUT2D eigenvalue weighted by atomic mass is 35.5. The van der Waals surface area contributed by atoms with E-state index in [1.807, 2.05) is 36.4 Å². The van der Waals surface area contributed by atoms with Gasteiger partial charge in [0.2, 0.25) is 43.7 Å². The van der Waals surface area contributed by atoms with E-state index in [1.165, 1.54) is 9.80 Å². The smallest absolute Gasteiger partial charge is 0.408 e. The number of benzene rings is 2. The number of hydrogen-bond acceptors (Lipinski definition) is 18. The molecule has 2 aromatic carbocycles. The largest absolute Gasteiger partial charge is 0.479 e. The van der Waals surface area contributed by atoms with Crippen LogP contribution in [0.25, 0.3) is 0 Å². The minimum Gasteiger partial charge on any atom is -0.479 e. The van der Waals surface area contributed by atoms with Gasteiger partial charge in [-0.05, 0) is 143 Å². The van der Waals surface area contributed by atoms with Crippen LogP contribution in [0.15, 0.2) is 83.1 Å². The molecule has 6 aliphatic heterocycles. The third kappa shape index (κ3) is 19.9. The number of nitrogens with zero attached hydrogens (tertiary/aromatic N) is 4. The van der Waals surface area contributed by atoms with Crippen molar-refractivity contribution in [1.82, 2.24) is 35.8 Å². The van der Waals surface area contributed by atoms with Crippen molar-refractivity contribution in [3.05, 3.63) is 94.0 Å². The van der Waals surface area contributed by atoms with Gasteiger partial charge in [0.25, 0.3) is 5.91 Å². The van der Waals surface area contributed by atoms with Crippen LogP contribution in [0, 0.1) is 11.8 Å². The number of alkyl carbamates (subject to hydrolysis) is 2. The first-order chi connectivity index (χ1) is 46.5. The van der Waals surface area contributed by atoms with E-state index in [0.717, 1.165) is 56.1 Å². The summed E-state index contributed by atoms with van der Waals surface area (Å²) in [7, 11) is -7.01. The topological polar surface area (TPSA) is 379 Å². The van der Waals surface area contributed by atoms with Crippen LogP contribution in [0.5, 0.6) is 0 Å². The number of rotatable bonds is 9. The Labute approximate surface area is 601 Å². The molecule has 2 saturated heterocycles. The number of carbonyl (C=O) groups excluding carboxylic acids is 7. The van der Waals surface area contributed by atoms with E-state index in [0.29, 0.717) is 72.8 Å². The Morgan fingerprint density at radius 2 is 1.03 bits per heavy atom. The number of amides is 7. The number of carboxylic acids is 1. The van der Waals surface area contributed by atoms with Crippen molar-refractivity contribution in [2.45, 2.75) is 253 Å². The molecule has 0 bridgehead atoms. The lowest BCUT2D eigenvalue weighted by Gasteiger charge is -2.30. The van der Waals surface area contributed by atoms with Crippen molar-refractivity contribution in [3.63, 3.8) is 0 Å². The van der Waals surface area contributed by atoms with Crippen LogP contribution in [0.4, 0.5) is 9.59 Å². The molecule has 6 heterocycles. The second-order valence-electron chi connectivity index (χ2n) is 29.7. The molecule has 10 aliphatic rings. The summed E-state index contributed by atoms with van der Waals surface area (Å²) in [6, 6.07) is 10.2. The first-order valence-electron chi connectivity index (χ1n) is 33.9. The van der Waals surface area contributed by atoms with Gasteiger partial charge in [0.05, 0.1) is 35.0 Å². The Hall–Kier alpha value is -7.34. The summed E-state index contributed by atoms with van der Waals surface area (Å²) in [6.07, 6.45) is 16.5. The van der Waals surface area contributed by atoms with Crippen LogP contribution in [0.1, 0.15) is 196 Å². The molecular formula is C70H98Cl2N10O17S2. The number of halogens is 2. The van der Waals surface area contributed by atoms with E-state index in [-0.39, 0.29) is 71.2 Å². The Kier molecular flexibility index (Phi) is 24.6. The van der Waals surface area contributed by atoms with E-state index in [1.54, 1.807) is 77.9 Å². The molecule has 31 heteroatoms. The van der Waals surface area contributed by atoms with Gasteiger partial charge < -0.3 is 55.3 Å². The number of hydrogen-bond donors (Lipinski definition) is 7. The van der Waals surface area contributed by atoms with E-state index < -0.39 is 137 Å². The zero-order chi connectivity index (χ0) is 71.7. The number of aliphatic carboxylic acids is 1. The van der Waals surface area contributed by atoms with Crippen molar-refractivity contribution in [3.8, 4) is 0 Å². The summed E-state index contributed by atoms with van der Waals surface area (Å²) in [6.45, 7) is 10.4. The Balaban J connectivity index is 0.000000231. The number of allylic oxidation sites excluding steroid dienone is 2. The highest BCUT2D eigenvalue weighted by Crippen LogP contribution is 2.49. The Morgan fingerprint density at radius 3 is 1.42 bits per heavy atom. The average molecular weight is 1490 g/mol. The molecule has 0 aromatic heterocycles. The van der Waals surface area contributed by atoms with Gasteiger partial charge in [0.1, 0.15) is 46.4 Å². The molecule has 0 unspecified atom stereocenters. The van der Waals surface area contributed by atoms with Gasteiger partial charge in [0.15, 0.2) is 11.2 Å². The summed E-state index contributed by atoms with van der Waals surface area (Å²) in [5.74, 6) is -4.78. The molecule has 7 amide bonds. The summed E-state index contributed by atoms with van der Waals surface area (Å²) in [4.78, 5) is 123. The normalized spacial score (nSPS) is 30.3. The molecule has 8 N–H and O–H groups in total. The quantitative estimate of drug-likeness (QED) is 0.116. The maximum atomic E-state index is 14.4.